The minimum atomic E-state index is -0.966. The standard InChI is InChI=1S/C29H31N3O5S/c33-24-7-6-22(26(34)31-24)32-27(35)21-2-1-3-23(25(21)28(32)36)38-15-20-5-4-19(37-20)14-30-29-11-16-8-17(12-29)10-18(9-16)13-29/h1-5,16-18,22,30H,6-15H2,(H,31,33,34). The minimum Gasteiger partial charge on any atom is -0.464 e. The lowest BCUT2D eigenvalue weighted by atomic mass is 9.53. The molecule has 0 spiro atoms. The maximum Gasteiger partial charge on any atom is 0.263 e. The molecule has 1 atom stereocenters. The molecule has 38 heavy (non-hydrogen) atoms. The van der Waals surface area contributed by atoms with Crippen LogP contribution in [-0.4, -0.2) is 40.1 Å². The first-order valence-electron chi connectivity index (χ1n) is 13.7. The lowest BCUT2D eigenvalue weighted by molar-refractivity contribution is -0.136. The van der Waals surface area contributed by atoms with E-state index in [4.69, 9.17) is 4.42 Å². The summed E-state index contributed by atoms with van der Waals surface area (Å²) in [5.74, 6) is 2.98. The minimum absolute atomic E-state index is 0.101. The Kier molecular flexibility index (Phi) is 5.78. The highest BCUT2D eigenvalue weighted by molar-refractivity contribution is 7.98. The summed E-state index contributed by atoms with van der Waals surface area (Å²) >= 11 is 1.44. The Morgan fingerprint density at radius 3 is 2.37 bits per heavy atom. The molecule has 0 radical (unpaired) electrons. The van der Waals surface area contributed by atoms with E-state index < -0.39 is 23.8 Å². The Bertz CT molecular complexity index is 1310. The number of nitrogens with zero attached hydrogens (tertiary/aromatic N) is 1. The van der Waals surface area contributed by atoms with E-state index in [-0.39, 0.29) is 24.3 Å². The molecule has 1 unspecified atom stereocenters. The normalized spacial score (nSPS) is 31.7. The first-order valence-corrected chi connectivity index (χ1v) is 14.7. The van der Waals surface area contributed by atoms with Gasteiger partial charge in [0.1, 0.15) is 17.6 Å². The van der Waals surface area contributed by atoms with Crippen LogP contribution in [0.5, 0.6) is 0 Å². The van der Waals surface area contributed by atoms with E-state index in [0.717, 1.165) is 40.7 Å². The zero-order valence-electron chi connectivity index (χ0n) is 21.2. The van der Waals surface area contributed by atoms with Crippen LogP contribution in [-0.2, 0) is 21.9 Å². The first kappa shape index (κ1) is 24.2. The van der Waals surface area contributed by atoms with Gasteiger partial charge in [-0.3, -0.25) is 29.4 Å². The molecule has 6 aliphatic rings. The fourth-order valence-corrected chi connectivity index (χ4v) is 8.92. The molecule has 8 nitrogen and oxygen atoms in total. The van der Waals surface area contributed by atoms with Gasteiger partial charge in [0, 0.05) is 16.9 Å². The van der Waals surface area contributed by atoms with Crippen molar-refractivity contribution < 1.29 is 23.6 Å². The van der Waals surface area contributed by atoms with Crippen LogP contribution in [0, 0.1) is 17.8 Å². The quantitative estimate of drug-likeness (QED) is 0.409. The number of hydrogen-bond donors (Lipinski definition) is 2. The Labute approximate surface area is 225 Å². The van der Waals surface area contributed by atoms with Gasteiger partial charge in [-0.2, -0.15) is 0 Å². The van der Waals surface area contributed by atoms with Gasteiger partial charge in [0.15, 0.2) is 0 Å². The summed E-state index contributed by atoms with van der Waals surface area (Å²) in [5, 5.41) is 6.11. The van der Waals surface area contributed by atoms with Crippen LogP contribution in [0.4, 0.5) is 0 Å². The highest BCUT2D eigenvalue weighted by Crippen LogP contribution is 2.55. The Morgan fingerprint density at radius 1 is 0.947 bits per heavy atom. The molecule has 1 saturated heterocycles. The van der Waals surface area contributed by atoms with Crippen molar-refractivity contribution >= 4 is 35.4 Å². The number of fused-ring (bicyclic) bond motifs is 1. The van der Waals surface area contributed by atoms with Gasteiger partial charge in [-0.1, -0.05) is 6.07 Å². The SMILES string of the molecule is O=C1CCC(N2C(=O)c3cccc(SCc4ccc(CNC56CC7CC(CC(C7)C5)C6)o4)c3C2=O)C(=O)N1. The van der Waals surface area contributed by atoms with Crippen molar-refractivity contribution in [2.45, 2.75) is 80.1 Å². The number of piperidine rings is 1. The van der Waals surface area contributed by atoms with Crippen LogP contribution in [0.25, 0.3) is 0 Å². The number of amides is 4. The molecule has 1 aromatic heterocycles. The van der Waals surface area contributed by atoms with Gasteiger partial charge in [0.25, 0.3) is 11.8 Å². The van der Waals surface area contributed by atoms with Crippen LogP contribution < -0.4 is 10.6 Å². The molecular formula is C29H31N3O5S. The third-order valence-corrected chi connectivity index (χ3v) is 10.3. The van der Waals surface area contributed by atoms with E-state index in [9.17, 15) is 19.2 Å². The fraction of sp³-hybridized carbons (Fsp3) is 0.517. The number of carbonyl (C=O) groups excluding carboxylic acids is 4. The van der Waals surface area contributed by atoms with Crippen molar-refractivity contribution in [1.29, 1.82) is 0 Å². The van der Waals surface area contributed by atoms with E-state index in [1.165, 1.54) is 50.3 Å². The van der Waals surface area contributed by atoms with Gasteiger partial charge < -0.3 is 9.73 Å². The molecule has 2 aliphatic heterocycles. The topological polar surface area (TPSA) is 109 Å². The molecular weight excluding hydrogens is 502 g/mol. The van der Waals surface area contributed by atoms with E-state index in [1.807, 2.05) is 18.2 Å². The molecule has 4 amide bonds. The summed E-state index contributed by atoms with van der Waals surface area (Å²) in [4.78, 5) is 52.0. The predicted molar refractivity (Wildman–Crippen MR) is 139 cm³/mol. The van der Waals surface area contributed by atoms with Crippen LogP contribution in [0.1, 0.15) is 83.6 Å². The zero-order chi connectivity index (χ0) is 26.0. The van der Waals surface area contributed by atoms with Crippen LogP contribution >= 0.6 is 11.8 Å². The van der Waals surface area contributed by atoms with E-state index >= 15 is 0 Å². The van der Waals surface area contributed by atoms with E-state index in [0.29, 0.717) is 21.8 Å². The summed E-state index contributed by atoms with van der Waals surface area (Å²) in [7, 11) is 0. The van der Waals surface area contributed by atoms with Crippen LogP contribution in [0.15, 0.2) is 39.6 Å². The maximum atomic E-state index is 13.3. The van der Waals surface area contributed by atoms with Gasteiger partial charge in [-0.25, -0.2) is 0 Å². The van der Waals surface area contributed by atoms with Crippen molar-refractivity contribution in [3.63, 3.8) is 0 Å². The Hall–Kier alpha value is -2.91. The zero-order valence-corrected chi connectivity index (χ0v) is 22.0. The molecule has 4 bridgehead atoms. The summed E-state index contributed by atoms with van der Waals surface area (Å²) in [6, 6.07) is 8.23. The third kappa shape index (κ3) is 4.11. The Morgan fingerprint density at radius 2 is 1.66 bits per heavy atom. The third-order valence-electron chi connectivity index (χ3n) is 9.19. The molecule has 2 aromatic rings. The molecule has 4 saturated carbocycles. The summed E-state index contributed by atoms with van der Waals surface area (Å²) in [5.41, 5.74) is 0.898. The molecule has 198 valence electrons. The number of thioether (sulfide) groups is 1. The van der Waals surface area contributed by atoms with E-state index in [1.54, 1.807) is 12.1 Å². The van der Waals surface area contributed by atoms with Gasteiger partial charge >= 0.3 is 0 Å². The van der Waals surface area contributed by atoms with Crippen molar-refractivity contribution in [3.05, 3.63) is 53.0 Å². The highest BCUT2D eigenvalue weighted by Gasteiger charge is 2.50. The van der Waals surface area contributed by atoms with Gasteiger partial charge in [0.2, 0.25) is 11.8 Å². The summed E-state index contributed by atoms with van der Waals surface area (Å²) in [6.07, 6.45) is 8.40. The second kappa shape index (κ2) is 9.09. The molecule has 5 fully saturated rings. The lowest BCUT2D eigenvalue weighted by Crippen LogP contribution is -2.58. The number of hydrogen-bond acceptors (Lipinski definition) is 7. The summed E-state index contributed by atoms with van der Waals surface area (Å²) in [6.45, 7) is 0.728. The molecule has 9 heteroatoms. The maximum absolute atomic E-state index is 13.3. The molecule has 3 heterocycles. The lowest BCUT2D eigenvalue weighted by Gasteiger charge is -2.57. The number of benzene rings is 1. The monoisotopic (exact) mass is 533 g/mol. The van der Waals surface area contributed by atoms with E-state index in [2.05, 4.69) is 10.6 Å². The number of furan rings is 1. The number of imide groups is 2. The average Bonchev–Trinajstić information content (AvgIpc) is 3.44. The van der Waals surface area contributed by atoms with Gasteiger partial charge in [0.05, 0.1) is 23.4 Å². The molecule has 1 aromatic carbocycles. The number of rotatable bonds is 7. The van der Waals surface area contributed by atoms with Crippen molar-refractivity contribution in [1.82, 2.24) is 15.5 Å². The highest BCUT2D eigenvalue weighted by atomic mass is 32.2. The molecule has 8 rings (SSSR count). The Balaban J connectivity index is 1.01. The molecule has 2 N–H and O–H groups in total. The predicted octanol–water partition coefficient (Wildman–Crippen LogP) is 4.03. The number of carbonyl (C=O) groups is 4. The van der Waals surface area contributed by atoms with Crippen molar-refractivity contribution in [2.75, 3.05) is 0 Å². The first-order chi connectivity index (χ1) is 18.4. The van der Waals surface area contributed by atoms with Crippen molar-refractivity contribution in [3.8, 4) is 0 Å². The summed E-state index contributed by atoms with van der Waals surface area (Å²) < 4.78 is 6.15. The van der Waals surface area contributed by atoms with Crippen LogP contribution in [0.3, 0.4) is 0 Å². The smallest absolute Gasteiger partial charge is 0.263 e. The second-order valence-electron chi connectivity index (χ2n) is 11.8. The van der Waals surface area contributed by atoms with Gasteiger partial charge in [-0.15, -0.1) is 11.8 Å². The van der Waals surface area contributed by atoms with Crippen molar-refractivity contribution in [2.24, 2.45) is 17.8 Å². The molecule has 4 aliphatic carbocycles. The van der Waals surface area contributed by atoms with Crippen LogP contribution in [0.2, 0.25) is 0 Å². The largest absolute Gasteiger partial charge is 0.464 e. The fourth-order valence-electron chi connectivity index (χ4n) is 7.95. The van der Waals surface area contributed by atoms with Gasteiger partial charge in [-0.05, 0) is 87.0 Å². The average molecular weight is 534 g/mol. The number of nitrogens with one attached hydrogen (secondary N) is 2. The second-order valence-corrected chi connectivity index (χ2v) is 12.9.